The lowest BCUT2D eigenvalue weighted by Crippen LogP contribution is -2.42. The van der Waals surface area contributed by atoms with Gasteiger partial charge >= 0.3 is 0 Å². The number of hydrogen-bond donors (Lipinski definition) is 3. The normalized spacial score (nSPS) is 12.0. The molecule has 1 unspecified atom stereocenters. The summed E-state index contributed by atoms with van der Waals surface area (Å²) in [4.78, 5) is 23.1. The van der Waals surface area contributed by atoms with Crippen molar-refractivity contribution in [3.05, 3.63) is 23.2 Å². The third-order valence-corrected chi connectivity index (χ3v) is 2.38. The molecule has 100 valence electrons. The fourth-order valence-electron chi connectivity index (χ4n) is 1.48. The van der Waals surface area contributed by atoms with Crippen LogP contribution in [0.2, 0.25) is 0 Å². The molecule has 6 heteroatoms. The van der Waals surface area contributed by atoms with Gasteiger partial charge in [0.2, 0.25) is 5.91 Å². The van der Waals surface area contributed by atoms with Gasteiger partial charge in [-0.1, -0.05) is 0 Å². The van der Waals surface area contributed by atoms with E-state index in [0.717, 1.165) is 0 Å². The van der Waals surface area contributed by atoms with Gasteiger partial charge in [-0.3, -0.25) is 9.59 Å². The second kappa shape index (κ2) is 6.20. The van der Waals surface area contributed by atoms with E-state index in [-0.39, 0.29) is 31.0 Å². The Kier molecular flexibility index (Phi) is 4.91. The van der Waals surface area contributed by atoms with E-state index in [2.05, 4.69) is 10.6 Å². The summed E-state index contributed by atoms with van der Waals surface area (Å²) < 4.78 is 5.23. The van der Waals surface area contributed by atoms with Crippen LogP contribution in [0, 0.1) is 13.8 Å². The van der Waals surface area contributed by atoms with Crippen LogP contribution in [0.25, 0.3) is 0 Å². The van der Waals surface area contributed by atoms with E-state index < -0.39 is 0 Å². The summed E-state index contributed by atoms with van der Waals surface area (Å²) in [5.41, 5.74) is 0.426. The van der Waals surface area contributed by atoms with Gasteiger partial charge in [0.25, 0.3) is 5.91 Å². The highest BCUT2D eigenvalue weighted by Crippen LogP contribution is 2.12. The maximum Gasteiger partial charge on any atom is 0.255 e. The highest BCUT2D eigenvalue weighted by Gasteiger charge is 2.14. The van der Waals surface area contributed by atoms with Gasteiger partial charge in [-0.25, -0.2) is 0 Å². The maximum atomic E-state index is 11.7. The molecule has 0 saturated heterocycles. The Labute approximate surface area is 105 Å². The molecule has 0 aliphatic carbocycles. The molecule has 1 atom stereocenters. The summed E-state index contributed by atoms with van der Waals surface area (Å²) in [5.74, 6) is 0.476. The van der Waals surface area contributed by atoms with Crippen LogP contribution in [-0.2, 0) is 4.79 Å². The largest absolute Gasteiger partial charge is 0.466 e. The summed E-state index contributed by atoms with van der Waals surface area (Å²) in [6.45, 7) is 4.84. The molecule has 0 aliphatic rings. The van der Waals surface area contributed by atoms with E-state index in [0.29, 0.717) is 17.1 Å². The summed E-state index contributed by atoms with van der Waals surface area (Å²) in [6, 6.07) is 1.30. The van der Waals surface area contributed by atoms with Crippen molar-refractivity contribution in [1.29, 1.82) is 0 Å². The maximum absolute atomic E-state index is 11.7. The molecule has 0 aliphatic heterocycles. The van der Waals surface area contributed by atoms with Gasteiger partial charge in [0.1, 0.15) is 11.5 Å². The lowest BCUT2D eigenvalue weighted by Gasteiger charge is -2.11. The minimum absolute atomic E-state index is 0.132. The van der Waals surface area contributed by atoms with Gasteiger partial charge < -0.3 is 20.2 Å². The van der Waals surface area contributed by atoms with Crippen molar-refractivity contribution in [2.75, 3.05) is 13.2 Å². The van der Waals surface area contributed by atoms with Gasteiger partial charge in [-0.05, 0) is 26.8 Å². The molecule has 1 aromatic heterocycles. The lowest BCUT2D eigenvalue weighted by molar-refractivity contribution is -0.121. The van der Waals surface area contributed by atoms with Crippen molar-refractivity contribution in [2.45, 2.75) is 26.8 Å². The van der Waals surface area contributed by atoms with E-state index in [1.807, 2.05) is 0 Å². The van der Waals surface area contributed by atoms with Crippen molar-refractivity contribution in [1.82, 2.24) is 10.6 Å². The molecule has 1 aromatic rings. The first-order valence-corrected chi connectivity index (χ1v) is 5.69. The topological polar surface area (TPSA) is 91.6 Å². The number of amides is 2. The van der Waals surface area contributed by atoms with Crippen LogP contribution >= 0.6 is 0 Å². The average Bonchev–Trinajstić information content (AvgIpc) is 2.65. The number of rotatable bonds is 5. The number of furan rings is 1. The van der Waals surface area contributed by atoms with E-state index in [1.165, 1.54) is 0 Å². The number of nitrogens with one attached hydrogen (secondary N) is 2. The number of hydrogen-bond acceptors (Lipinski definition) is 4. The van der Waals surface area contributed by atoms with Crippen LogP contribution in [0.4, 0.5) is 0 Å². The Hall–Kier alpha value is -1.82. The van der Waals surface area contributed by atoms with E-state index in [9.17, 15) is 9.59 Å². The molecule has 2 amide bonds. The number of aliphatic hydroxyl groups is 1. The number of carbonyl (C=O) groups is 2. The highest BCUT2D eigenvalue weighted by molar-refractivity contribution is 5.97. The van der Waals surface area contributed by atoms with Crippen LogP contribution in [0.15, 0.2) is 10.5 Å². The predicted molar refractivity (Wildman–Crippen MR) is 65.2 cm³/mol. The van der Waals surface area contributed by atoms with Gasteiger partial charge in [-0.2, -0.15) is 0 Å². The zero-order valence-electron chi connectivity index (χ0n) is 10.7. The molecule has 0 radical (unpaired) electrons. The van der Waals surface area contributed by atoms with Crippen LogP contribution in [0.5, 0.6) is 0 Å². The van der Waals surface area contributed by atoms with Gasteiger partial charge in [0.05, 0.1) is 18.7 Å². The quantitative estimate of drug-likeness (QED) is 0.696. The Morgan fingerprint density at radius 1 is 1.44 bits per heavy atom. The number of aryl methyl sites for hydroxylation is 2. The molecule has 0 bridgehead atoms. The summed E-state index contributed by atoms with van der Waals surface area (Å²) >= 11 is 0. The van der Waals surface area contributed by atoms with Gasteiger partial charge in [0, 0.05) is 6.04 Å². The standard InChI is InChI=1S/C12H18N2O4/c1-7(6-15)14-11(16)5-13-12(17)10-4-8(2)18-9(10)3/h4,7,15H,5-6H2,1-3H3,(H,13,17)(H,14,16). The zero-order valence-corrected chi connectivity index (χ0v) is 10.7. The fraction of sp³-hybridized carbons (Fsp3) is 0.500. The second-order valence-electron chi connectivity index (χ2n) is 4.16. The SMILES string of the molecule is Cc1cc(C(=O)NCC(=O)NC(C)CO)c(C)o1. The Morgan fingerprint density at radius 2 is 2.11 bits per heavy atom. The summed E-state index contributed by atoms with van der Waals surface area (Å²) in [7, 11) is 0. The number of aliphatic hydroxyl groups excluding tert-OH is 1. The lowest BCUT2D eigenvalue weighted by atomic mass is 10.2. The smallest absolute Gasteiger partial charge is 0.255 e. The minimum Gasteiger partial charge on any atom is -0.466 e. The molecule has 0 spiro atoms. The second-order valence-corrected chi connectivity index (χ2v) is 4.16. The van der Waals surface area contributed by atoms with E-state index >= 15 is 0 Å². The van der Waals surface area contributed by atoms with Crippen LogP contribution in [0.1, 0.15) is 28.8 Å². The molecule has 6 nitrogen and oxygen atoms in total. The van der Waals surface area contributed by atoms with E-state index in [1.54, 1.807) is 26.8 Å². The molecule has 1 rings (SSSR count). The molecular weight excluding hydrogens is 236 g/mol. The summed E-state index contributed by atoms with van der Waals surface area (Å²) in [6.07, 6.45) is 0. The zero-order chi connectivity index (χ0) is 13.7. The fourth-order valence-corrected chi connectivity index (χ4v) is 1.48. The molecule has 3 N–H and O–H groups in total. The van der Waals surface area contributed by atoms with Crippen molar-refractivity contribution in [3.63, 3.8) is 0 Å². The molecule has 0 fully saturated rings. The molecule has 18 heavy (non-hydrogen) atoms. The first-order valence-electron chi connectivity index (χ1n) is 5.69. The first-order chi connectivity index (χ1) is 8.43. The number of carbonyl (C=O) groups excluding carboxylic acids is 2. The Balaban J connectivity index is 2.47. The van der Waals surface area contributed by atoms with Gasteiger partial charge in [-0.15, -0.1) is 0 Å². The van der Waals surface area contributed by atoms with Crippen LogP contribution in [-0.4, -0.2) is 36.1 Å². The third-order valence-electron chi connectivity index (χ3n) is 2.38. The van der Waals surface area contributed by atoms with Crippen molar-refractivity contribution >= 4 is 11.8 Å². The molecule has 1 heterocycles. The average molecular weight is 254 g/mol. The molecule has 0 aromatic carbocycles. The minimum atomic E-state index is -0.351. The van der Waals surface area contributed by atoms with Crippen molar-refractivity contribution in [2.24, 2.45) is 0 Å². The Bertz CT molecular complexity index is 439. The van der Waals surface area contributed by atoms with E-state index in [4.69, 9.17) is 9.52 Å². The van der Waals surface area contributed by atoms with Crippen molar-refractivity contribution in [3.8, 4) is 0 Å². The van der Waals surface area contributed by atoms with Crippen molar-refractivity contribution < 1.29 is 19.1 Å². The van der Waals surface area contributed by atoms with Gasteiger partial charge in [0.15, 0.2) is 0 Å². The summed E-state index contributed by atoms with van der Waals surface area (Å²) in [5, 5.41) is 13.8. The predicted octanol–water partition coefficient (Wildman–Crippen LogP) is 0.123. The van der Waals surface area contributed by atoms with Crippen LogP contribution in [0.3, 0.4) is 0 Å². The first kappa shape index (κ1) is 14.2. The Morgan fingerprint density at radius 3 is 2.61 bits per heavy atom. The third kappa shape index (κ3) is 3.89. The molecular formula is C12H18N2O4. The highest BCUT2D eigenvalue weighted by atomic mass is 16.3. The monoisotopic (exact) mass is 254 g/mol. The molecule has 0 saturated carbocycles. The van der Waals surface area contributed by atoms with Crippen LogP contribution < -0.4 is 10.6 Å².